The molecule has 7 heteroatoms. The SMILES string of the molecule is O=C(CCc1ccccc1)Nc1nnc(C2=COCCO2)o1. The second kappa shape index (κ2) is 6.75. The van der Waals surface area contributed by atoms with E-state index in [1.807, 2.05) is 30.3 Å². The number of anilines is 1. The summed E-state index contributed by atoms with van der Waals surface area (Å²) in [5.41, 5.74) is 1.10. The third kappa shape index (κ3) is 3.63. The van der Waals surface area contributed by atoms with E-state index in [1.54, 1.807) is 0 Å². The van der Waals surface area contributed by atoms with Crippen LogP contribution in [0.5, 0.6) is 0 Å². The van der Waals surface area contributed by atoms with Gasteiger partial charge in [0.1, 0.15) is 19.5 Å². The average molecular weight is 301 g/mol. The molecule has 0 saturated heterocycles. The Bertz CT molecular complexity index is 666. The highest BCUT2D eigenvalue weighted by atomic mass is 16.6. The Labute approximate surface area is 126 Å². The fourth-order valence-electron chi connectivity index (χ4n) is 1.94. The van der Waals surface area contributed by atoms with E-state index >= 15 is 0 Å². The molecule has 2 aromatic rings. The van der Waals surface area contributed by atoms with Crippen LogP contribution < -0.4 is 5.32 Å². The van der Waals surface area contributed by atoms with Crippen LogP contribution in [0.15, 0.2) is 41.0 Å². The maximum Gasteiger partial charge on any atom is 0.322 e. The number of benzene rings is 1. The van der Waals surface area contributed by atoms with E-state index in [-0.39, 0.29) is 17.8 Å². The van der Waals surface area contributed by atoms with Crippen LogP contribution in [-0.2, 0) is 20.7 Å². The molecule has 0 saturated carbocycles. The molecular weight excluding hydrogens is 286 g/mol. The predicted octanol–water partition coefficient (Wildman–Crippen LogP) is 1.99. The van der Waals surface area contributed by atoms with E-state index < -0.39 is 0 Å². The fraction of sp³-hybridized carbons (Fsp3) is 0.267. The first-order valence-electron chi connectivity index (χ1n) is 6.93. The van der Waals surface area contributed by atoms with Gasteiger partial charge in [-0.2, -0.15) is 0 Å². The molecular formula is C15H15N3O4. The topological polar surface area (TPSA) is 86.5 Å². The summed E-state index contributed by atoms with van der Waals surface area (Å²) in [5, 5.41) is 10.1. The number of aromatic nitrogens is 2. The number of amides is 1. The van der Waals surface area contributed by atoms with E-state index in [0.717, 1.165) is 5.56 Å². The molecule has 0 spiro atoms. The Balaban J connectivity index is 1.53. The van der Waals surface area contributed by atoms with Crippen LogP contribution in [0, 0.1) is 0 Å². The highest BCUT2D eigenvalue weighted by Gasteiger charge is 2.17. The molecule has 3 rings (SSSR count). The molecule has 0 atom stereocenters. The molecule has 1 aromatic heterocycles. The first-order chi connectivity index (χ1) is 10.8. The molecule has 0 aliphatic carbocycles. The van der Waals surface area contributed by atoms with Crippen molar-refractivity contribution in [2.24, 2.45) is 0 Å². The maximum absolute atomic E-state index is 11.9. The number of hydrogen-bond donors (Lipinski definition) is 1. The molecule has 0 bridgehead atoms. The Morgan fingerprint density at radius 1 is 1.18 bits per heavy atom. The zero-order valence-electron chi connectivity index (χ0n) is 11.8. The third-order valence-corrected chi connectivity index (χ3v) is 3.01. The minimum absolute atomic E-state index is 0.0446. The van der Waals surface area contributed by atoms with Crippen molar-refractivity contribution in [1.82, 2.24) is 10.2 Å². The molecule has 0 radical (unpaired) electrons. The lowest BCUT2D eigenvalue weighted by Crippen LogP contribution is -2.12. The number of ether oxygens (including phenoxy) is 2. The number of rotatable bonds is 5. The minimum atomic E-state index is -0.186. The van der Waals surface area contributed by atoms with E-state index in [4.69, 9.17) is 13.9 Å². The zero-order valence-corrected chi connectivity index (χ0v) is 11.8. The second-order valence-electron chi connectivity index (χ2n) is 4.65. The third-order valence-electron chi connectivity index (χ3n) is 3.01. The standard InChI is InChI=1S/C15H15N3O4/c19-13(7-6-11-4-2-1-3-5-11)16-15-18-17-14(22-15)12-10-20-8-9-21-12/h1-5,10H,6-9H2,(H,16,18,19). The molecule has 0 fully saturated rings. The van der Waals surface area contributed by atoms with Gasteiger partial charge in [0.05, 0.1) is 0 Å². The molecule has 1 aliphatic rings. The molecule has 1 N–H and O–H groups in total. The average Bonchev–Trinajstić information content (AvgIpc) is 3.03. The molecule has 7 nitrogen and oxygen atoms in total. The lowest BCUT2D eigenvalue weighted by molar-refractivity contribution is -0.116. The van der Waals surface area contributed by atoms with E-state index in [9.17, 15) is 4.79 Å². The molecule has 114 valence electrons. The lowest BCUT2D eigenvalue weighted by Gasteiger charge is -2.11. The fourth-order valence-corrected chi connectivity index (χ4v) is 1.94. The van der Waals surface area contributed by atoms with E-state index in [1.165, 1.54) is 6.26 Å². The number of carbonyl (C=O) groups excluding carboxylic acids is 1. The van der Waals surface area contributed by atoms with Crippen LogP contribution in [0.1, 0.15) is 17.9 Å². The van der Waals surface area contributed by atoms with Crippen LogP contribution in [0.4, 0.5) is 6.01 Å². The monoisotopic (exact) mass is 301 g/mol. The number of hydrogen-bond acceptors (Lipinski definition) is 6. The van der Waals surface area contributed by atoms with Crippen molar-refractivity contribution in [1.29, 1.82) is 0 Å². The molecule has 1 aliphatic heterocycles. The van der Waals surface area contributed by atoms with Crippen molar-refractivity contribution in [2.45, 2.75) is 12.8 Å². The predicted molar refractivity (Wildman–Crippen MR) is 77.6 cm³/mol. The van der Waals surface area contributed by atoms with Gasteiger partial charge < -0.3 is 13.9 Å². The van der Waals surface area contributed by atoms with Gasteiger partial charge in [0.25, 0.3) is 5.89 Å². The smallest absolute Gasteiger partial charge is 0.322 e. The molecule has 1 amide bonds. The van der Waals surface area contributed by atoms with Crippen LogP contribution in [0.2, 0.25) is 0 Å². The van der Waals surface area contributed by atoms with Gasteiger partial charge in [0, 0.05) is 6.42 Å². The number of nitrogens with one attached hydrogen (secondary N) is 1. The van der Waals surface area contributed by atoms with Crippen LogP contribution in [-0.4, -0.2) is 29.3 Å². The summed E-state index contributed by atoms with van der Waals surface area (Å²) in [7, 11) is 0. The summed E-state index contributed by atoms with van der Waals surface area (Å²) >= 11 is 0. The van der Waals surface area contributed by atoms with Crippen LogP contribution in [0.3, 0.4) is 0 Å². The summed E-state index contributed by atoms with van der Waals surface area (Å²) in [6, 6.07) is 9.82. The van der Waals surface area contributed by atoms with Gasteiger partial charge >= 0.3 is 6.01 Å². The first kappa shape index (κ1) is 14.1. The van der Waals surface area contributed by atoms with Gasteiger partial charge in [0.2, 0.25) is 11.7 Å². The Kier molecular flexibility index (Phi) is 4.33. The van der Waals surface area contributed by atoms with Crippen molar-refractivity contribution >= 4 is 17.7 Å². The van der Waals surface area contributed by atoms with Gasteiger partial charge in [-0.3, -0.25) is 10.1 Å². The summed E-state index contributed by atoms with van der Waals surface area (Å²) in [6.07, 6.45) is 2.40. The maximum atomic E-state index is 11.9. The highest BCUT2D eigenvalue weighted by Crippen LogP contribution is 2.19. The number of aryl methyl sites for hydroxylation is 1. The van der Waals surface area contributed by atoms with Crippen LogP contribution >= 0.6 is 0 Å². The highest BCUT2D eigenvalue weighted by molar-refractivity contribution is 5.88. The summed E-state index contributed by atoms with van der Waals surface area (Å²) in [5.74, 6) is 0.357. The normalized spacial score (nSPS) is 13.7. The van der Waals surface area contributed by atoms with Crippen molar-refractivity contribution in [2.75, 3.05) is 18.5 Å². The largest absolute Gasteiger partial charge is 0.494 e. The van der Waals surface area contributed by atoms with E-state index in [2.05, 4.69) is 15.5 Å². The molecule has 2 heterocycles. The van der Waals surface area contributed by atoms with Crippen molar-refractivity contribution in [3.05, 3.63) is 48.0 Å². The quantitative estimate of drug-likeness (QED) is 0.908. The first-order valence-corrected chi connectivity index (χ1v) is 6.93. The number of carbonyl (C=O) groups is 1. The lowest BCUT2D eigenvalue weighted by atomic mass is 10.1. The van der Waals surface area contributed by atoms with Gasteiger partial charge in [0.15, 0.2) is 0 Å². The summed E-state index contributed by atoms with van der Waals surface area (Å²) in [4.78, 5) is 11.9. The van der Waals surface area contributed by atoms with Gasteiger partial charge in [-0.15, -0.1) is 5.10 Å². The second-order valence-corrected chi connectivity index (χ2v) is 4.65. The molecule has 1 aromatic carbocycles. The molecule has 22 heavy (non-hydrogen) atoms. The van der Waals surface area contributed by atoms with Gasteiger partial charge in [-0.1, -0.05) is 35.4 Å². The minimum Gasteiger partial charge on any atom is -0.494 e. The summed E-state index contributed by atoms with van der Waals surface area (Å²) in [6.45, 7) is 0.910. The summed E-state index contributed by atoms with van der Waals surface area (Å²) < 4.78 is 15.7. The van der Waals surface area contributed by atoms with Gasteiger partial charge in [-0.05, 0) is 12.0 Å². The van der Waals surface area contributed by atoms with E-state index in [0.29, 0.717) is 31.8 Å². The Morgan fingerprint density at radius 2 is 2.05 bits per heavy atom. The Hall–Kier alpha value is -2.83. The van der Waals surface area contributed by atoms with Gasteiger partial charge in [-0.25, -0.2) is 0 Å². The van der Waals surface area contributed by atoms with Crippen molar-refractivity contribution < 1.29 is 18.7 Å². The van der Waals surface area contributed by atoms with Crippen molar-refractivity contribution in [3.8, 4) is 0 Å². The zero-order chi connectivity index (χ0) is 15.2. The number of nitrogens with zero attached hydrogens (tertiary/aromatic N) is 2. The Morgan fingerprint density at radius 3 is 2.82 bits per heavy atom. The van der Waals surface area contributed by atoms with Crippen molar-refractivity contribution in [3.63, 3.8) is 0 Å². The van der Waals surface area contributed by atoms with Crippen LogP contribution in [0.25, 0.3) is 5.76 Å². The molecule has 0 unspecified atom stereocenters.